The molecule has 1 aliphatic rings. The van der Waals surface area contributed by atoms with Crippen LogP contribution in [-0.4, -0.2) is 52.6 Å². The van der Waals surface area contributed by atoms with Crippen LogP contribution in [0.15, 0.2) is 0 Å². The van der Waals surface area contributed by atoms with Gasteiger partial charge in [0.25, 0.3) is 0 Å². The van der Waals surface area contributed by atoms with Gasteiger partial charge in [-0.25, -0.2) is 8.42 Å². The molecule has 1 heterocycles. The third-order valence-corrected chi connectivity index (χ3v) is 4.33. The van der Waals surface area contributed by atoms with E-state index in [1.807, 2.05) is 0 Å². The molecule has 1 rings (SSSR count). The fraction of sp³-hybridized carbons (Fsp3) is 0.909. The van der Waals surface area contributed by atoms with Gasteiger partial charge >= 0.3 is 0 Å². The lowest BCUT2D eigenvalue weighted by Crippen LogP contribution is -2.49. The minimum atomic E-state index is -2.96. The number of rotatable bonds is 6. The molecule has 1 aliphatic heterocycles. The molecule has 106 valence electrons. The van der Waals surface area contributed by atoms with E-state index in [0.717, 1.165) is 0 Å². The first kappa shape index (κ1) is 15.4. The van der Waals surface area contributed by atoms with Crippen LogP contribution in [0, 0.1) is 5.41 Å². The summed E-state index contributed by atoms with van der Waals surface area (Å²) < 4.78 is 27.1. The van der Waals surface area contributed by atoms with Crippen molar-refractivity contribution in [2.75, 3.05) is 38.3 Å². The molecule has 0 aromatic rings. The number of hydrogen-bond donors (Lipinski definition) is 2. The number of amides is 1. The first-order valence-corrected chi connectivity index (χ1v) is 8.19. The lowest BCUT2D eigenvalue weighted by molar-refractivity contribution is -0.135. The van der Waals surface area contributed by atoms with Gasteiger partial charge in [-0.2, -0.15) is 0 Å². The molecule has 1 saturated heterocycles. The Labute approximate surface area is 108 Å². The van der Waals surface area contributed by atoms with Crippen molar-refractivity contribution in [1.29, 1.82) is 0 Å². The van der Waals surface area contributed by atoms with Crippen LogP contribution in [0.1, 0.15) is 19.3 Å². The van der Waals surface area contributed by atoms with E-state index < -0.39 is 15.3 Å². The molecule has 0 saturated carbocycles. The maximum atomic E-state index is 12.1. The summed E-state index contributed by atoms with van der Waals surface area (Å²) in [5.41, 5.74) is 5.16. The minimum absolute atomic E-state index is 0.0817. The topological polar surface area (TPSA) is 98.5 Å². The molecular formula is C11H22N2O4S. The lowest BCUT2D eigenvalue weighted by Gasteiger charge is -2.34. The Kier molecular flexibility index (Phi) is 5.55. The van der Waals surface area contributed by atoms with Crippen molar-refractivity contribution in [3.05, 3.63) is 0 Å². The van der Waals surface area contributed by atoms with Crippen molar-refractivity contribution >= 4 is 15.7 Å². The SMILES string of the molecule is CS(=O)(=O)CCCNC(=O)C1(CN)CCOCC1. The second kappa shape index (κ2) is 6.49. The molecule has 0 atom stereocenters. The van der Waals surface area contributed by atoms with Crippen LogP contribution in [0.25, 0.3) is 0 Å². The van der Waals surface area contributed by atoms with Crippen LogP contribution in [0.5, 0.6) is 0 Å². The summed E-state index contributed by atoms with van der Waals surface area (Å²) in [6.45, 7) is 1.77. The number of nitrogens with two attached hydrogens (primary N) is 1. The van der Waals surface area contributed by atoms with Crippen molar-refractivity contribution in [1.82, 2.24) is 5.32 Å². The van der Waals surface area contributed by atoms with E-state index in [0.29, 0.717) is 45.6 Å². The number of hydrogen-bond acceptors (Lipinski definition) is 5. The summed E-state index contributed by atoms with van der Waals surface area (Å²) in [5, 5.41) is 2.78. The molecule has 0 aliphatic carbocycles. The van der Waals surface area contributed by atoms with Crippen LogP contribution in [-0.2, 0) is 19.4 Å². The van der Waals surface area contributed by atoms with E-state index in [4.69, 9.17) is 10.5 Å². The molecule has 7 heteroatoms. The Balaban J connectivity index is 2.39. The standard InChI is InChI=1S/C11H22N2O4S/c1-18(15,16)8-2-5-13-10(14)11(9-12)3-6-17-7-4-11/h2-9,12H2,1H3,(H,13,14). The Morgan fingerprint density at radius 3 is 2.50 bits per heavy atom. The quantitative estimate of drug-likeness (QED) is 0.626. The second-order valence-corrected chi connectivity index (χ2v) is 7.10. The average molecular weight is 278 g/mol. The fourth-order valence-electron chi connectivity index (χ4n) is 2.01. The highest BCUT2D eigenvalue weighted by atomic mass is 32.2. The van der Waals surface area contributed by atoms with Crippen LogP contribution in [0.4, 0.5) is 0 Å². The molecule has 0 aromatic heterocycles. The molecule has 0 aromatic carbocycles. The van der Waals surface area contributed by atoms with Crippen molar-refractivity contribution in [3.8, 4) is 0 Å². The Bertz CT molecular complexity index is 375. The zero-order valence-corrected chi connectivity index (χ0v) is 11.6. The summed E-state index contributed by atoms with van der Waals surface area (Å²) in [4.78, 5) is 12.1. The number of sulfone groups is 1. The molecular weight excluding hydrogens is 256 g/mol. The molecule has 0 bridgehead atoms. The van der Waals surface area contributed by atoms with Crippen LogP contribution in [0.2, 0.25) is 0 Å². The van der Waals surface area contributed by atoms with Crippen molar-refractivity contribution in [3.63, 3.8) is 0 Å². The van der Waals surface area contributed by atoms with E-state index in [1.165, 1.54) is 6.26 Å². The van der Waals surface area contributed by atoms with Crippen molar-refractivity contribution in [2.24, 2.45) is 11.1 Å². The summed E-state index contributed by atoms with van der Waals surface area (Å²) in [7, 11) is -2.96. The van der Waals surface area contributed by atoms with E-state index in [2.05, 4.69) is 5.32 Å². The van der Waals surface area contributed by atoms with E-state index in [9.17, 15) is 13.2 Å². The third kappa shape index (κ3) is 4.55. The number of carbonyl (C=O) groups is 1. The van der Waals surface area contributed by atoms with E-state index in [-0.39, 0.29) is 11.7 Å². The highest BCUT2D eigenvalue weighted by molar-refractivity contribution is 7.90. The van der Waals surface area contributed by atoms with Gasteiger partial charge in [-0.15, -0.1) is 0 Å². The van der Waals surface area contributed by atoms with Gasteiger partial charge in [0.05, 0.1) is 11.2 Å². The summed E-state index contributed by atoms with van der Waals surface area (Å²) in [5.74, 6) is 0.00764. The molecule has 0 unspecified atom stereocenters. The predicted octanol–water partition coefficient (Wildman–Crippen LogP) is -0.707. The minimum Gasteiger partial charge on any atom is -0.381 e. The number of ether oxygens (including phenoxy) is 1. The van der Waals surface area contributed by atoms with Gasteiger partial charge in [0.1, 0.15) is 9.84 Å². The highest BCUT2D eigenvalue weighted by Crippen LogP contribution is 2.29. The van der Waals surface area contributed by atoms with Gasteiger partial charge in [-0.05, 0) is 19.3 Å². The summed E-state index contributed by atoms with van der Waals surface area (Å²) in [6.07, 6.45) is 2.87. The molecule has 0 radical (unpaired) electrons. The summed E-state index contributed by atoms with van der Waals surface area (Å²) in [6, 6.07) is 0. The van der Waals surface area contributed by atoms with Crippen LogP contribution in [0.3, 0.4) is 0 Å². The zero-order chi connectivity index (χ0) is 13.6. The Morgan fingerprint density at radius 2 is 2.00 bits per heavy atom. The molecule has 3 N–H and O–H groups in total. The number of carbonyl (C=O) groups excluding carboxylic acids is 1. The third-order valence-electron chi connectivity index (χ3n) is 3.30. The Hall–Kier alpha value is -0.660. The highest BCUT2D eigenvalue weighted by Gasteiger charge is 2.38. The van der Waals surface area contributed by atoms with E-state index in [1.54, 1.807) is 0 Å². The lowest BCUT2D eigenvalue weighted by atomic mass is 9.79. The maximum Gasteiger partial charge on any atom is 0.227 e. The van der Waals surface area contributed by atoms with Gasteiger partial charge < -0.3 is 15.8 Å². The first-order chi connectivity index (χ1) is 8.40. The number of nitrogens with one attached hydrogen (secondary N) is 1. The largest absolute Gasteiger partial charge is 0.381 e. The van der Waals surface area contributed by atoms with Gasteiger partial charge in [0.15, 0.2) is 0 Å². The average Bonchev–Trinajstić information content (AvgIpc) is 2.34. The maximum absolute atomic E-state index is 12.1. The molecule has 6 nitrogen and oxygen atoms in total. The second-order valence-electron chi connectivity index (χ2n) is 4.84. The zero-order valence-electron chi connectivity index (χ0n) is 10.8. The fourth-order valence-corrected chi connectivity index (χ4v) is 2.68. The molecule has 0 spiro atoms. The predicted molar refractivity (Wildman–Crippen MR) is 68.9 cm³/mol. The monoisotopic (exact) mass is 278 g/mol. The van der Waals surface area contributed by atoms with Crippen molar-refractivity contribution < 1.29 is 17.9 Å². The van der Waals surface area contributed by atoms with Crippen LogP contribution < -0.4 is 11.1 Å². The molecule has 1 fully saturated rings. The van der Waals surface area contributed by atoms with Crippen molar-refractivity contribution in [2.45, 2.75) is 19.3 Å². The normalized spacial score (nSPS) is 19.4. The van der Waals surface area contributed by atoms with Gasteiger partial charge in [0.2, 0.25) is 5.91 Å². The van der Waals surface area contributed by atoms with Crippen LogP contribution >= 0.6 is 0 Å². The van der Waals surface area contributed by atoms with Gasteiger partial charge in [-0.1, -0.05) is 0 Å². The molecule has 18 heavy (non-hydrogen) atoms. The first-order valence-electron chi connectivity index (χ1n) is 6.13. The van der Waals surface area contributed by atoms with Gasteiger partial charge in [-0.3, -0.25) is 4.79 Å². The van der Waals surface area contributed by atoms with Gasteiger partial charge in [0, 0.05) is 32.6 Å². The Morgan fingerprint density at radius 1 is 1.39 bits per heavy atom. The summed E-state index contributed by atoms with van der Waals surface area (Å²) >= 11 is 0. The molecule has 1 amide bonds. The smallest absolute Gasteiger partial charge is 0.227 e. The van der Waals surface area contributed by atoms with E-state index >= 15 is 0 Å².